The second-order valence-electron chi connectivity index (χ2n) is 6.61. The third kappa shape index (κ3) is 3.28. The van der Waals surface area contributed by atoms with Crippen molar-refractivity contribution in [1.82, 2.24) is 9.88 Å². The molecule has 5 heteroatoms. The number of aromatic nitrogens is 1. The van der Waals surface area contributed by atoms with Crippen LogP contribution >= 0.6 is 0 Å². The fourth-order valence-corrected chi connectivity index (χ4v) is 3.06. The van der Waals surface area contributed by atoms with Crippen molar-refractivity contribution in [1.29, 1.82) is 0 Å². The summed E-state index contributed by atoms with van der Waals surface area (Å²) in [5, 5.41) is 1.02. The summed E-state index contributed by atoms with van der Waals surface area (Å²) in [7, 11) is 0. The van der Waals surface area contributed by atoms with Gasteiger partial charge in [-0.1, -0.05) is 36.4 Å². The van der Waals surface area contributed by atoms with Crippen molar-refractivity contribution in [2.24, 2.45) is 5.73 Å². The van der Waals surface area contributed by atoms with Gasteiger partial charge in [0.25, 0.3) is 5.91 Å². The number of para-hydroxylation sites is 1. The summed E-state index contributed by atoms with van der Waals surface area (Å²) >= 11 is 0. The second kappa shape index (κ2) is 6.59. The van der Waals surface area contributed by atoms with Crippen LogP contribution in [0.4, 0.5) is 0 Å². The minimum absolute atomic E-state index is 0.0581. The first-order valence-corrected chi connectivity index (χ1v) is 8.67. The fraction of sp³-hybridized carbons (Fsp3) is 0.190. The molecule has 0 unspecified atom stereocenters. The van der Waals surface area contributed by atoms with Crippen molar-refractivity contribution in [3.05, 3.63) is 77.5 Å². The maximum absolute atomic E-state index is 13.0. The number of nitrogens with zero attached hydrogens (tertiary/aromatic N) is 2. The fourth-order valence-electron chi connectivity index (χ4n) is 3.06. The summed E-state index contributed by atoms with van der Waals surface area (Å²) in [6.07, 6.45) is 2.03. The number of carbonyl (C=O) groups excluding carboxylic acids is 2. The molecule has 1 saturated carbocycles. The molecule has 0 atom stereocenters. The van der Waals surface area contributed by atoms with Gasteiger partial charge in [0.15, 0.2) is 0 Å². The van der Waals surface area contributed by atoms with Crippen LogP contribution in [0.3, 0.4) is 0 Å². The van der Waals surface area contributed by atoms with Gasteiger partial charge >= 0.3 is 0 Å². The Morgan fingerprint density at radius 1 is 1.00 bits per heavy atom. The average Bonchev–Trinajstić information content (AvgIpc) is 3.50. The molecule has 1 heterocycles. The molecule has 2 aromatic carbocycles. The Bertz CT molecular complexity index is 978. The zero-order valence-corrected chi connectivity index (χ0v) is 14.3. The standard InChI is InChI=1S/C21H19N3O2/c22-20(25)16-7-5-14(6-8-16)13-24(17-10-11-17)21(26)19-12-9-15-3-1-2-4-18(15)23-19/h1-9,12,17H,10-11,13H2,(H2,22,25). The number of rotatable bonds is 5. The van der Waals surface area contributed by atoms with E-state index in [1.807, 2.05) is 47.4 Å². The summed E-state index contributed by atoms with van der Waals surface area (Å²) in [6, 6.07) is 18.8. The Kier molecular flexibility index (Phi) is 4.13. The Labute approximate surface area is 151 Å². The van der Waals surface area contributed by atoms with Crippen LogP contribution in [0.1, 0.15) is 39.3 Å². The summed E-state index contributed by atoms with van der Waals surface area (Å²) in [4.78, 5) is 30.6. The van der Waals surface area contributed by atoms with Gasteiger partial charge in [-0.25, -0.2) is 4.98 Å². The third-order valence-electron chi connectivity index (χ3n) is 4.66. The molecule has 0 saturated heterocycles. The molecule has 2 N–H and O–H groups in total. The quantitative estimate of drug-likeness (QED) is 0.772. The van der Waals surface area contributed by atoms with Crippen LogP contribution in [-0.4, -0.2) is 27.7 Å². The van der Waals surface area contributed by atoms with Gasteiger partial charge in [-0.15, -0.1) is 0 Å². The van der Waals surface area contributed by atoms with E-state index < -0.39 is 5.91 Å². The van der Waals surface area contributed by atoms with Gasteiger partial charge in [0.05, 0.1) is 5.52 Å². The molecule has 5 nitrogen and oxygen atoms in total. The second-order valence-corrected chi connectivity index (χ2v) is 6.61. The lowest BCUT2D eigenvalue weighted by molar-refractivity contribution is 0.0724. The molecule has 1 fully saturated rings. The Morgan fingerprint density at radius 2 is 1.73 bits per heavy atom. The molecule has 4 rings (SSSR count). The summed E-state index contributed by atoms with van der Waals surface area (Å²) in [6.45, 7) is 0.497. The number of nitrogens with two attached hydrogens (primary N) is 1. The molecular weight excluding hydrogens is 326 g/mol. The van der Waals surface area contributed by atoms with E-state index in [1.165, 1.54) is 0 Å². The first-order valence-electron chi connectivity index (χ1n) is 8.67. The van der Waals surface area contributed by atoms with Crippen LogP contribution in [0.5, 0.6) is 0 Å². The minimum Gasteiger partial charge on any atom is -0.366 e. The number of benzene rings is 2. The van der Waals surface area contributed by atoms with Crippen molar-refractivity contribution in [3.8, 4) is 0 Å². The first kappa shape index (κ1) is 16.3. The minimum atomic E-state index is -0.452. The van der Waals surface area contributed by atoms with Crippen LogP contribution in [0.15, 0.2) is 60.7 Å². The Balaban J connectivity index is 1.59. The van der Waals surface area contributed by atoms with Gasteiger partial charge in [0, 0.05) is 23.5 Å². The van der Waals surface area contributed by atoms with Crippen LogP contribution in [0.2, 0.25) is 0 Å². The largest absolute Gasteiger partial charge is 0.366 e. The molecule has 0 spiro atoms. The highest BCUT2D eigenvalue weighted by molar-refractivity contribution is 5.95. The molecule has 2 amide bonds. The van der Waals surface area contributed by atoms with Crippen molar-refractivity contribution in [2.45, 2.75) is 25.4 Å². The van der Waals surface area contributed by atoms with Gasteiger partial charge in [-0.05, 0) is 42.7 Å². The van der Waals surface area contributed by atoms with Crippen molar-refractivity contribution in [2.75, 3.05) is 0 Å². The third-order valence-corrected chi connectivity index (χ3v) is 4.66. The van der Waals surface area contributed by atoms with E-state index in [9.17, 15) is 9.59 Å². The normalized spacial score (nSPS) is 13.5. The average molecular weight is 345 g/mol. The number of fused-ring (bicyclic) bond motifs is 1. The number of hydrogen-bond donors (Lipinski definition) is 1. The number of pyridine rings is 1. The maximum atomic E-state index is 13.0. The summed E-state index contributed by atoms with van der Waals surface area (Å²) < 4.78 is 0. The van der Waals surface area contributed by atoms with Gasteiger partial charge in [0.1, 0.15) is 5.69 Å². The van der Waals surface area contributed by atoms with E-state index >= 15 is 0 Å². The van der Waals surface area contributed by atoms with Crippen molar-refractivity contribution in [3.63, 3.8) is 0 Å². The first-order chi connectivity index (χ1) is 12.6. The lowest BCUT2D eigenvalue weighted by atomic mass is 10.1. The zero-order valence-electron chi connectivity index (χ0n) is 14.3. The molecular formula is C21H19N3O2. The molecule has 26 heavy (non-hydrogen) atoms. The molecule has 1 aliphatic rings. The zero-order chi connectivity index (χ0) is 18.1. The summed E-state index contributed by atoms with van der Waals surface area (Å²) in [5.74, 6) is -0.510. The predicted molar refractivity (Wildman–Crippen MR) is 99.6 cm³/mol. The van der Waals surface area contributed by atoms with Gasteiger partial charge in [0.2, 0.25) is 5.91 Å². The Hall–Kier alpha value is -3.21. The van der Waals surface area contributed by atoms with E-state index in [0.717, 1.165) is 29.3 Å². The number of primary amides is 1. The van der Waals surface area contributed by atoms with E-state index in [0.29, 0.717) is 17.8 Å². The molecule has 130 valence electrons. The predicted octanol–water partition coefficient (Wildman–Crippen LogP) is 3.14. The molecule has 0 radical (unpaired) electrons. The molecule has 0 aliphatic heterocycles. The highest BCUT2D eigenvalue weighted by Gasteiger charge is 2.33. The lowest BCUT2D eigenvalue weighted by Crippen LogP contribution is -2.33. The van der Waals surface area contributed by atoms with Gasteiger partial charge < -0.3 is 10.6 Å². The van der Waals surface area contributed by atoms with Crippen molar-refractivity contribution < 1.29 is 9.59 Å². The number of hydrogen-bond acceptors (Lipinski definition) is 3. The van der Waals surface area contributed by atoms with E-state index in [-0.39, 0.29) is 11.9 Å². The molecule has 1 aromatic heterocycles. The maximum Gasteiger partial charge on any atom is 0.273 e. The van der Waals surface area contributed by atoms with E-state index in [4.69, 9.17) is 5.73 Å². The number of amides is 2. The number of carbonyl (C=O) groups is 2. The van der Waals surface area contributed by atoms with Crippen molar-refractivity contribution >= 4 is 22.7 Å². The van der Waals surface area contributed by atoms with Crippen LogP contribution in [0.25, 0.3) is 10.9 Å². The highest BCUT2D eigenvalue weighted by atomic mass is 16.2. The monoisotopic (exact) mass is 345 g/mol. The van der Waals surface area contributed by atoms with Gasteiger partial charge in [-0.2, -0.15) is 0 Å². The summed E-state index contributed by atoms with van der Waals surface area (Å²) in [5.41, 5.74) is 8.00. The van der Waals surface area contributed by atoms with E-state index in [1.54, 1.807) is 18.2 Å². The molecule has 0 bridgehead atoms. The smallest absolute Gasteiger partial charge is 0.273 e. The topological polar surface area (TPSA) is 76.3 Å². The van der Waals surface area contributed by atoms with Crippen LogP contribution in [0, 0.1) is 0 Å². The highest BCUT2D eigenvalue weighted by Crippen LogP contribution is 2.30. The van der Waals surface area contributed by atoms with Crippen LogP contribution < -0.4 is 5.73 Å². The van der Waals surface area contributed by atoms with Gasteiger partial charge in [-0.3, -0.25) is 9.59 Å². The molecule has 3 aromatic rings. The lowest BCUT2D eigenvalue weighted by Gasteiger charge is -2.22. The Morgan fingerprint density at radius 3 is 2.42 bits per heavy atom. The molecule has 1 aliphatic carbocycles. The van der Waals surface area contributed by atoms with E-state index in [2.05, 4.69) is 4.98 Å². The van der Waals surface area contributed by atoms with Crippen LogP contribution in [-0.2, 0) is 6.54 Å². The SMILES string of the molecule is NC(=O)c1ccc(CN(C(=O)c2ccc3ccccc3n2)C2CC2)cc1.